The molecule has 3 aliphatic heterocycles. The summed E-state index contributed by atoms with van der Waals surface area (Å²) in [6.07, 6.45) is 3.27. The van der Waals surface area contributed by atoms with Crippen molar-refractivity contribution in [2.45, 2.75) is 18.9 Å². The first-order chi connectivity index (χ1) is 16.9. The zero-order valence-corrected chi connectivity index (χ0v) is 20.3. The predicted octanol–water partition coefficient (Wildman–Crippen LogP) is 3.52. The van der Waals surface area contributed by atoms with Crippen LogP contribution in [0.4, 0.5) is 10.5 Å². The van der Waals surface area contributed by atoms with Crippen LogP contribution in [0, 0.1) is 0 Å². The van der Waals surface area contributed by atoms with Crippen molar-refractivity contribution >= 4 is 58.1 Å². The number of carbonyl (C=O) groups is 4. The summed E-state index contributed by atoms with van der Waals surface area (Å²) < 4.78 is 0. The van der Waals surface area contributed by atoms with Gasteiger partial charge in [-0.25, -0.2) is 0 Å². The summed E-state index contributed by atoms with van der Waals surface area (Å²) in [5, 5.41) is 6.00. The molecule has 3 heterocycles. The Labute approximate surface area is 211 Å². The molecule has 10 heteroatoms. The summed E-state index contributed by atoms with van der Waals surface area (Å²) in [6, 6.07) is 12.7. The van der Waals surface area contributed by atoms with Gasteiger partial charge in [-0.15, -0.1) is 0 Å². The first kappa shape index (κ1) is 23.6. The Balaban J connectivity index is 1.17. The van der Waals surface area contributed by atoms with Crippen molar-refractivity contribution in [2.24, 2.45) is 0 Å². The fourth-order valence-electron chi connectivity index (χ4n) is 4.66. The van der Waals surface area contributed by atoms with Crippen LogP contribution >= 0.6 is 23.4 Å². The van der Waals surface area contributed by atoms with Crippen LogP contribution in [-0.2, 0) is 4.79 Å². The standard InChI is InChI=1S/C25H23ClN4O4S/c26-19-8-3-5-15(13-20-22(31)28-25(34)35-20)21(19)29-12-9-16(14-29)27-10-4-11-30-23(32)17-6-1-2-7-18(17)24(30)33/h1-3,5-8,13,16,27H,4,9-12,14H2,(H,28,31,34)/t16-/m0/s1. The van der Waals surface area contributed by atoms with E-state index in [1.807, 2.05) is 18.2 Å². The molecule has 2 N–H and O–H groups in total. The number of anilines is 1. The number of amides is 4. The van der Waals surface area contributed by atoms with Gasteiger partial charge in [0.1, 0.15) is 0 Å². The third-order valence-corrected chi connectivity index (χ3v) is 7.44. The fraction of sp³-hybridized carbons (Fsp3) is 0.280. The van der Waals surface area contributed by atoms with E-state index in [0.717, 1.165) is 42.5 Å². The van der Waals surface area contributed by atoms with Gasteiger partial charge in [0.2, 0.25) is 0 Å². The largest absolute Gasteiger partial charge is 0.368 e. The van der Waals surface area contributed by atoms with E-state index in [4.69, 9.17) is 11.6 Å². The molecule has 2 aromatic carbocycles. The van der Waals surface area contributed by atoms with Crippen LogP contribution in [0.5, 0.6) is 0 Å². The SMILES string of the molecule is O=C1NC(=O)C(=Cc2cccc(Cl)c2N2CC[C@H](NCCCN3C(=O)c4ccccc4C3=O)C2)S1. The van der Waals surface area contributed by atoms with Gasteiger partial charge in [-0.1, -0.05) is 35.9 Å². The molecule has 0 saturated carbocycles. The maximum atomic E-state index is 12.5. The maximum Gasteiger partial charge on any atom is 0.290 e. The topological polar surface area (TPSA) is 98.8 Å². The van der Waals surface area contributed by atoms with E-state index in [1.54, 1.807) is 30.3 Å². The van der Waals surface area contributed by atoms with Crippen molar-refractivity contribution in [2.75, 3.05) is 31.1 Å². The number of nitrogens with one attached hydrogen (secondary N) is 2. The minimum Gasteiger partial charge on any atom is -0.368 e. The van der Waals surface area contributed by atoms with Gasteiger partial charge in [0.05, 0.1) is 26.7 Å². The lowest BCUT2D eigenvalue weighted by molar-refractivity contribution is -0.115. The summed E-state index contributed by atoms with van der Waals surface area (Å²) in [6.45, 7) is 2.56. The molecule has 0 unspecified atom stereocenters. The Bertz CT molecular complexity index is 1230. The van der Waals surface area contributed by atoms with Gasteiger partial charge in [-0.2, -0.15) is 0 Å². The van der Waals surface area contributed by atoms with E-state index in [2.05, 4.69) is 15.5 Å². The van der Waals surface area contributed by atoms with E-state index in [1.165, 1.54) is 4.90 Å². The van der Waals surface area contributed by atoms with E-state index in [0.29, 0.717) is 40.6 Å². The molecule has 2 aromatic rings. The summed E-state index contributed by atoms with van der Waals surface area (Å²) in [4.78, 5) is 52.3. The Morgan fingerprint density at radius 1 is 1.06 bits per heavy atom. The van der Waals surface area contributed by atoms with Crippen LogP contribution in [0.25, 0.3) is 6.08 Å². The van der Waals surface area contributed by atoms with Gasteiger partial charge in [-0.3, -0.25) is 29.4 Å². The molecule has 0 aromatic heterocycles. The number of hydrogen-bond donors (Lipinski definition) is 2. The van der Waals surface area contributed by atoms with Gasteiger partial charge < -0.3 is 10.2 Å². The second kappa shape index (κ2) is 9.85. The van der Waals surface area contributed by atoms with Crippen LogP contribution in [-0.4, -0.2) is 60.1 Å². The first-order valence-corrected chi connectivity index (χ1v) is 12.6. The second-order valence-corrected chi connectivity index (χ2v) is 10.00. The minimum atomic E-state index is -0.398. The Hall–Kier alpha value is -3.14. The number of hydrogen-bond acceptors (Lipinski definition) is 7. The lowest BCUT2D eigenvalue weighted by atomic mass is 10.1. The number of benzene rings is 2. The molecule has 2 saturated heterocycles. The first-order valence-electron chi connectivity index (χ1n) is 11.4. The van der Waals surface area contributed by atoms with Gasteiger partial charge in [0.15, 0.2) is 0 Å². The van der Waals surface area contributed by atoms with Crippen LogP contribution < -0.4 is 15.5 Å². The van der Waals surface area contributed by atoms with Gasteiger partial charge in [-0.05, 0) is 55.4 Å². The highest BCUT2D eigenvalue weighted by atomic mass is 35.5. The van der Waals surface area contributed by atoms with Crippen molar-refractivity contribution in [3.8, 4) is 0 Å². The summed E-state index contributed by atoms with van der Waals surface area (Å²) in [5.41, 5.74) is 2.57. The lowest BCUT2D eigenvalue weighted by Crippen LogP contribution is -2.36. The molecule has 0 spiro atoms. The van der Waals surface area contributed by atoms with E-state index < -0.39 is 5.91 Å². The molecule has 35 heavy (non-hydrogen) atoms. The van der Waals surface area contributed by atoms with Crippen molar-refractivity contribution in [3.05, 3.63) is 69.1 Å². The van der Waals surface area contributed by atoms with Crippen LogP contribution in [0.1, 0.15) is 39.1 Å². The molecule has 180 valence electrons. The van der Waals surface area contributed by atoms with Crippen molar-refractivity contribution < 1.29 is 19.2 Å². The maximum absolute atomic E-state index is 12.5. The van der Waals surface area contributed by atoms with E-state index in [9.17, 15) is 19.2 Å². The molecule has 1 atom stereocenters. The smallest absolute Gasteiger partial charge is 0.290 e. The van der Waals surface area contributed by atoms with Gasteiger partial charge in [0, 0.05) is 31.2 Å². The van der Waals surface area contributed by atoms with Gasteiger partial charge in [0.25, 0.3) is 23.0 Å². The highest BCUT2D eigenvalue weighted by Gasteiger charge is 2.34. The summed E-state index contributed by atoms with van der Waals surface area (Å²) in [7, 11) is 0. The quantitative estimate of drug-likeness (QED) is 0.334. The highest BCUT2D eigenvalue weighted by Crippen LogP contribution is 2.36. The zero-order valence-electron chi connectivity index (χ0n) is 18.8. The number of fused-ring (bicyclic) bond motifs is 1. The predicted molar refractivity (Wildman–Crippen MR) is 136 cm³/mol. The Kier molecular flexibility index (Phi) is 6.64. The number of imide groups is 2. The molecule has 0 aliphatic carbocycles. The van der Waals surface area contributed by atoms with E-state index >= 15 is 0 Å². The average Bonchev–Trinajstić information content (AvgIpc) is 3.49. The summed E-state index contributed by atoms with van der Waals surface area (Å²) >= 11 is 7.42. The van der Waals surface area contributed by atoms with Crippen LogP contribution in [0.3, 0.4) is 0 Å². The second-order valence-electron chi connectivity index (χ2n) is 8.58. The van der Waals surface area contributed by atoms with Crippen molar-refractivity contribution in [3.63, 3.8) is 0 Å². The lowest BCUT2D eigenvalue weighted by Gasteiger charge is -2.23. The molecule has 2 fully saturated rings. The Morgan fingerprint density at radius 2 is 1.80 bits per heavy atom. The number of carbonyl (C=O) groups excluding carboxylic acids is 4. The third kappa shape index (κ3) is 4.71. The van der Waals surface area contributed by atoms with Crippen molar-refractivity contribution in [1.82, 2.24) is 15.5 Å². The summed E-state index contributed by atoms with van der Waals surface area (Å²) in [5.74, 6) is -0.854. The molecule has 0 radical (unpaired) electrons. The Morgan fingerprint density at radius 3 is 2.49 bits per heavy atom. The minimum absolute atomic E-state index is 0.222. The number of para-hydroxylation sites is 1. The molecule has 0 bridgehead atoms. The number of rotatable bonds is 7. The number of nitrogens with zero attached hydrogens (tertiary/aromatic N) is 2. The molecular formula is C25H23ClN4O4S. The molecule has 4 amide bonds. The monoisotopic (exact) mass is 510 g/mol. The normalized spacial score (nSPS) is 20.8. The zero-order chi connectivity index (χ0) is 24.5. The van der Waals surface area contributed by atoms with Crippen LogP contribution in [0.15, 0.2) is 47.4 Å². The average molecular weight is 511 g/mol. The molecule has 5 rings (SSSR count). The number of thioether (sulfide) groups is 1. The molecule has 8 nitrogen and oxygen atoms in total. The number of halogens is 1. The van der Waals surface area contributed by atoms with Crippen LogP contribution in [0.2, 0.25) is 5.02 Å². The third-order valence-electron chi connectivity index (χ3n) is 6.32. The molecular weight excluding hydrogens is 488 g/mol. The fourth-order valence-corrected chi connectivity index (χ4v) is 5.63. The highest BCUT2D eigenvalue weighted by molar-refractivity contribution is 8.18. The molecule has 3 aliphatic rings. The van der Waals surface area contributed by atoms with E-state index in [-0.39, 0.29) is 23.1 Å². The van der Waals surface area contributed by atoms with Gasteiger partial charge >= 0.3 is 0 Å². The van der Waals surface area contributed by atoms with Crippen molar-refractivity contribution in [1.29, 1.82) is 0 Å².